The second-order valence-corrected chi connectivity index (χ2v) is 7.17. The minimum absolute atomic E-state index is 0.0224. The Balaban J connectivity index is 1.95. The number of pyridine rings is 2. The van der Waals surface area contributed by atoms with Crippen LogP contribution in [0.25, 0.3) is 0 Å². The largest absolute Gasteiger partial charge is 0.475 e. The molecule has 8 heteroatoms. The summed E-state index contributed by atoms with van der Waals surface area (Å²) in [6.45, 7) is 3.41. The third-order valence-corrected chi connectivity index (χ3v) is 5.10. The summed E-state index contributed by atoms with van der Waals surface area (Å²) >= 11 is 0. The van der Waals surface area contributed by atoms with Crippen molar-refractivity contribution >= 4 is 5.78 Å². The molecule has 0 amide bonds. The van der Waals surface area contributed by atoms with Gasteiger partial charge in [-0.15, -0.1) is 0 Å². The third-order valence-electron chi connectivity index (χ3n) is 5.10. The number of benzene rings is 1. The Hall–Kier alpha value is -3.26. The van der Waals surface area contributed by atoms with E-state index in [1.807, 2.05) is 37.3 Å². The van der Waals surface area contributed by atoms with Crippen molar-refractivity contribution in [2.24, 2.45) is 5.73 Å². The summed E-state index contributed by atoms with van der Waals surface area (Å²) in [5, 5.41) is 0. The maximum absolute atomic E-state index is 13.5. The Labute approximate surface area is 178 Å². The van der Waals surface area contributed by atoms with Crippen LogP contribution in [-0.2, 0) is 11.7 Å². The molecule has 0 radical (unpaired) electrons. The molecule has 0 aliphatic heterocycles. The lowest BCUT2D eigenvalue weighted by molar-refractivity contribution is -0.138. The van der Waals surface area contributed by atoms with Gasteiger partial charge in [0.2, 0.25) is 11.7 Å². The van der Waals surface area contributed by atoms with Gasteiger partial charge in [-0.25, -0.2) is 4.98 Å². The van der Waals surface area contributed by atoms with Crippen molar-refractivity contribution < 1.29 is 22.7 Å². The summed E-state index contributed by atoms with van der Waals surface area (Å²) < 4.78 is 46.3. The normalized spacial score (nSPS) is 13.5. The summed E-state index contributed by atoms with van der Waals surface area (Å²) in [4.78, 5) is 20.8. The average molecular weight is 429 g/mol. The topological polar surface area (TPSA) is 78.1 Å². The number of ketones is 1. The number of halogens is 3. The number of carbonyl (C=O) groups is 1. The first-order valence-corrected chi connectivity index (χ1v) is 9.67. The Morgan fingerprint density at radius 2 is 1.77 bits per heavy atom. The molecule has 31 heavy (non-hydrogen) atoms. The van der Waals surface area contributed by atoms with E-state index in [-0.39, 0.29) is 18.1 Å². The predicted octanol–water partition coefficient (Wildman–Crippen LogP) is 4.68. The van der Waals surface area contributed by atoms with Crippen molar-refractivity contribution in [3.63, 3.8) is 0 Å². The number of carbonyl (C=O) groups excluding carboxylic acids is 1. The van der Waals surface area contributed by atoms with Crippen LogP contribution in [0.4, 0.5) is 13.2 Å². The van der Waals surface area contributed by atoms with Crippen LogP contribution in [-0.4, -0.2) is 22.4 Å². The summed E-state index contributed by atoms with van der Waals surface area (Å²) in [5.74, 6) is -0.988. The Bertz CT molecular complexity index is 1070. The highest BCUT2D eigenvalue weighted by Crippen LogP contribution is 2.34. The Kier molecular flexibility index (Phi) is 6.40. The van der Waals surface area contributed by atoms with Crippen LogP contribution >= 0.6 is 0 Å². The molecule has 0 saturated heterocycles. The molecule has 2 aromatic heterocycles. The van der Waals surface area contributed by atoms with Crippen LogP contribution in [0.15, 0.2) is 60.8 Å². The molecule has 162 valence electrons. The van der Waals surface area contributed by atoms with Gasteiger partial charge in [0.05, 0.1) is 11.1 Å². The molecular weight excluding hydrogens is 407 g/mol. The van der Waals surface area contributed by atoms with Crippen molar-refractivity contribution in [3.8, 4) is 5.88 Å². The SMILES string of the molecule is CCC(N)(COc1ccc(C(F)(F)F)c(C(=O)c2cccnc2C)n1)c1ccccc1. The van der Waals surface area contributed by atoms with E-state index in [1.54, 1.807) is 6.92 Å². The molecule has 5 nitrogen and oxygen atoms in total. The van der Waals surface area contributed by atoms with Crippen LogP contribution in [0, 0.1) is 6.92 Å². The highest BCUT2D eigenvalue weighted by atomic mass is 19.4. The van der Waals surface area contributed by atoms with Gasteiger partial charge in [0.25, 0.3) is 0 Å². The number of nitrogens with zero attached hydrogens (tertiary/aromatic N) is 2. The van der Waals surface area contributed by atoms with Crippen molar-refractivity contribution in [3.05, 3.63) is 88.9 Å². The third kappa shape index (κ3) is 4.91. The number of hydrogen-bond acceptors (Lipinski definition) is 5. The van der Waals surface area contributed by atoms with Crippen molar-refractivity contribution in [1.29, 1.82) is 0 Å². The molecule has 2 N–H and O–H groups in total. The number of alkyl halides is 3. The molecule has 1 atom stereocenters. The highest BCUT2D eigenvalue weighted by molar-refractivity contribution is 6.09. The highest BCUT2D eigenvalue weighted by Gasteiger charge is 2.37. The van der Waals surface area contributed by atoms with Crippen LogP contribution < -0.4 is 10.5 Å². The molecule has 0 aliphatic rings. The van der Waals surface area contributed by atoms with Crippen molar-refractivity contribution in [2.75, 3.05) is 6.61 Å². The first kappa shape index (κ1) is 22.4. The van der Waals surface area contributed by atoms with E-state index < -0.39 is 28.8 Å². The lowest BCUT2D eigenvalue weighted by Gasteiger charge is -2.28. The summed E-state index contributed by atoms with van der Waals surface area (Å²) in [6, 6.07) is 14.0. The van der Waals surface area contributed by atoms with Gasteiger partial charge >= 0.3 is 6.18 Å². The molecule has 0 spiro atoms. The van der Waals surface area contributed by atoms with Gasteiger partial charge in [0, 0.05) is 23.5 Å². The maximum Gasteiger partial charge on any atom is 0.418 e. The molecule has 1 unspecified atom stereocenters. The molecule has 0 saturated carbocycles. The van der Waals surface area contributed by atoms with Gasteiger partial charge in [-0.3, -0.25) is 9.78 Å². The van der Waals surface area contributed by atoms with Crippen LogP contribution in [0.1, 0.15) is 46.2 Å². The average Bonchev–Trinajstić information content (AvgIpc) is 2.77. The van der Waals surface area contributed by atoms with E-state index in [4.69, 9.17) is 10.5 Å². The predicted molar refractivity (Wildman–Crippen MR) is 110 cm³/mol. The van der Waals surface area contributed by atoms with E-state index in [0.717, 1.165) is 17.7 Å². The molecule has 1 aromatic carbocycles. The minimum atomic E-state index is -4.75. The van der Waals surface area contributed by atoms with Crippen LogP contribution in [0.3, 0.4) is 0 Å². The first-order chi connectivity index (χ1) is 14.7. The standard InChI is InChI=1S/C23H22F3N3O2/c1-3-22(27,16-8-5-4-6-9-16)14-31-19-12-11-18(23(24,25)26)20(29-19)21(30)17-10-7-13-28-15(17)2/h4-13H,3,14,27H2,1-2H3. The van der Waals surface area contributed by atoms with E-state index >= 15 is 0 Å². The maximum atomic E-state index is 13.5. The zero-order chi connectivity index (χ0) is 22.6. The fraction of sp³-hybridized carbons (Fsp3) is 0.261. The van der Waals surface area contributed by atoms with Gasteiger partial charge in [-0.05, 0) is 37.1 Å². The van der Waals surface area contributed by atoms with Crippen LogP contribution in [0.2, 0.25) is 0 Å². The van der Waals surface area contributed by atoms with Gasteiger partial charge in [-0.1, -0.05) is 37.3 Å². The lowest BCUT2D eigenvalue weighted by atomic mass is 9.89. The first-order valence-electron chi connectivity index (χ1n) is 9.67. The van der Waals surface area contributed by atoms with E-state index in [2.05, 4.69) is 9.97 Å². The summed E-state index contributed by atoms with van der Waals surface area (Å²) in [5.41, 5.74) is 4.91. The smallest absolute Gasteiger partial charge is 0.418 e. The molecule has 0 bridgehead atoms. The monoisotopic (exact) mass is 429 g/mol. The lowest BCUT2D eigenvalue weighted by Crippen LogP contribution is -2.42. The molecule has 3 aromatic rings. The molecule has 3 rings (SSSR count). The van der Waals surface area contributed by atoms with E-state index in [0.29, 0.717) is 12.1 Å². The van der Waals surface area contributed by atoms with Gasteiger partial charge in [0.1, 0.15) is 12.3 Å². The van der Waals surface area contributed by atoms with Crippen molar-refractivity contribution in [2.45, 2.75) is 32.0 Å². The van der Waals surface area contributed by atoms with Crippen LogP contribution in [0.5, 0.6) is 5.88 Å². The number of nitrogens with two attached hydrogens (primary N) is 1. The number of aromatic nitrogens is 2. The molecular formula is C23H22F3N3O2. The Morgan fingerprint density at radius 3 is 2.39 bits per heavy atom. The fourth-order valence-corrected chi connectivity index (χ4v) is 3.14. The zero-order valence-electron chi connectivity index (χ0n) is 17.1. The van der Waals surface area contributed by atoms with Gasteiger partial charge < -0.3 is 10.5 Å². The number of ether oxygens (including phenoxy) is 1. The second-order valence-electron chi connectivity index (χ2n) is 7.17. The quantitative estimate of drug-likeness (QED) is 0.552. The van der Waals surface area contributed by atoms with Crippen molar-refractivity contribution in [1.82, 2.24) is 9.97 Å². The van der Waals surface area contributed by atoms with Gasteiger partial charge in [0.15, 0.2) is 0 Å². The second kappa shape index (κ2) is 8.85. The zero-order valence-corrected chi connectivity index (χ0v) is 17.1. The van der Waals surface area contributed by atoms with Gasteiger partial charge in [-0.2, -0.15) is 13.2 Å². The molecule has 0 aliphatic carbocycles. The number of hydrogen-bond donors (Lipinski definition) is 1. The van der Waals surface area contributed by atoms with E-state index in [9.17, 15) is 18.0 Å². The number of rotatable bonds is 7. The molecule has 2 heterocycles. The number of aryl methyl sites for hydroxylation is 1. The minimum Gasteiger partial charge on any atom is -0.475 e. The molecule has 0 fully saturated rings. The summed E-state index contributed by atoms with van der Waals surface area (Å²) in [6.07, 6.45) is -2.77. The fourth-order valence-electron chi connectivity index (χ4n) is 3.14. The summed E-state index contributed by atoms with van der Waals surface area (Å²) in [7, 11) is 0. The van der Waals surface area contributed by atoms with E-state index in [1.165, 1.54) is 18.3 Å². The Morgan fingerprint density at radius 1 is 1.06 bits per heavy atom.